The standard InChI is InChI=1S/C29H20N4O5/c1-19-7-6-9-21(17-19)27-31-25-11-4-3-10-24(25)28(34)32(27)30-18-22-8-2-5-12-26(22)38-29(35)20-13-15-23(16-14-20)33(36)37/h2-18H,1H3. The average Bonchev–Trinajstić information content (AvgIpc) is 2.93. The number of non-ortho nitro benzene ring substituents is 1. The maximum atomic E-state index is 13.4. The molecule has 0 aliphatic heterocycles. The highest BCUT2D eigenvalue weighted by Crippen LogP contribution is 2.22. The summed E-state index contributed by atoms with van der Waals surface area (Å²) >= 11 is 0. The second kappa shape index (κ2) is 10.3. The van der Waals surface area contributed by atoms with Gasteiger partial charge in [0.15, 0.2) is 5.82 Å². The molecule has 0 radical (unpaired) electrons. The van der Waals surface area contributed by atoms with E-state index in [1.54, 1.807) is 42.5 Å². The Bertz CT molecular complexity index is 1770. The summed E-state index contributed by atoms with van der Waals surface area (Å²) in [7, 11) is 0. The molecule has 0 amide bonds. The van der Waals surface area contributed by atoms with Crippen LogP contribution >= 0.6 is 0 Å². The molecule has 9 heteroatoms. The van der Waals surface area contributed by atoms with Gasteiger partial charge in [0.05, 0.1) is 27.6 Å². The van der Waals surface area contributed by atoms with Crippen LogP contribution in [0, 0.1) is 17.0 Å². The van der Waals surface area contributed by atoms with Crippen LogP contribution in [0.5, 0.6) is 5.75 Å². The summed E-state index contributed by atoms with van der Waals surface area (Å²) in [5.74, 6) is -0.113. The first-order chi connectivity index (χ1) is 18.4. The molecule has 0 spiro atoms. The molecule has 1 aromatic heterocycles. The van der Waals surface area contributed by atoms with Crippen molar-refractivity contribution in [3.63, 3.8) is 0 Å². The van der Waals surface area contributed by atoms with E-state index in [0.29, 0.717) is 22.3 Å². The van der Waals surface area contributed by atoms with Crippen molar-refractivity contribution in [3.8, 4) is 17.1 Å². The first-order valence-electron chi connectivity index (χ1n) is 11.6. The predicted octanol–water partition coefficient (Wildman–Crippen LogP) is 5.38. The molecule has 5 rings (SSSR count). The average molecular weight is 505 g/mol. The minimum Gasteiger partial charge on any atom is -0.422 e. The first kappa shape index (κ1) is 24.3. The van der Waals surface area contributed by atoms with E-state index in [1.807, 2.05) is 37.3 Å². The maximum absolute atomic E-state index is 13.4. The quantitative estimate of drug-likeness (QED) is 0.101. The van der Waals surface area contributed by atoms with Gasteiger partial charge in [0.2, 0.25) is 0 Å². The Balaban J connectivity index is 1.53. The van der Waals surface area contributed by atoms with Crippen LogP contribution in [0.2, 0.25) is 0 Å². The number of benzene rings is 4. The van der Waals surface area contributed by atoms with E-state index in [1.165, 1.54) is 35.2 Å². The molecule has 0 unspecified atom stereocenters. The Morgan fingerprint density at radius 1 is 0.974 bits per heavy atom. The molecule has 0 fully saturated rings. The number of nitrogens with zero attached hydrogens (tertiary/aromatic N) is 4. The highest BCUT2D eigenvalue weighted by Gasteiger charge is 2.15. The summed E-state index contributed by atoms with van der Waals surface area (Å²) in [5, 5.41) is 15.8. The molecule has 0 aliphatic carbocycles. The molecule has 0 atom stereocenters. The third-order valence-electron chi connectivity index (χ3n) is 5.78. The van der Waals surface area contributed by atoms with Crippen LogP contribution in [0.25, 0.3) is 22.3 Å². The SMILES string of the molecule is Cc1cccc(-c2nc3ccccc3c(=O)n2N=Cc2ccccc2OC(=O)c2ccc([N+](=O)[O-])cc2)c1. The third kappa shape index (κ3) is 4.93. The van der Waals surface area contributed by atoms with E-state index in [9.17, 15) is 19.7 Å². The Labute approximate surface area is 216 Å². The predicted molar refractivity (Wildman–Crippen MR) is 144 cm³/mol. The summed E-state index contributed by atoms with van der Waals surface area (Å²) in [6.45, 7) is 1.95. The molecular formula is C29H20N4O5. The molecule has 186 valence electrons. The third-order valence-corrected chi connectivity index (χ3v) is 5.78. The topological polar surface area (TPSA) is 117 Å². The minimum atomic E-state index is -0.689. The number of nitro groups is 1. The number of fused-ring (bicyclic) bond motifs is 1. The molecule has 0 saturated carbocycles. The van der Waals surface area contributed by atoms with E-state index in [4.69, 9.17) is 9.72 Å². The van der Waals surface area contributed by atoms with Gasteiger partial charge >= 0.3 is 5.97 Å². The van der Waals surface area contributed by atoms with Gasteiger partial charge in [0, 0.05) is 23.3 Å². The number of para-hydroxylation sites is 2. The zero-order valence-corrected chi connectivity index (χ0v) is 20.1. The van der Waals surface area contributed by atoms with Crippen LogP contribution in [0.3, 0.4) is 0 Å². The highest BCUT2D eigenvalue weighted by atomic mass is 16.6. The van der Waals surface area contributed by atoms with Gasteiger partial charge in [-0.25, -0.2) is 9.78 Å². The number of aryl methyl sites for hydroxylation is 1. The van der Waals surface area contributed by atoms with Crippen molar-refractivity contribution in [3.05, 3.63) is 134 Å². The van der Waals surface area contributed by atoms with Crippen molar-refractivity contribution in [1.82, 2.24) is 9.66 Å². The summed E-state index contributed by atoms with van der Waals surface area (Å²) < 4.78 is 6.78. The van der Waals surface area contributed by atoms with E-state index in [2.05, 4.69) is 5.10 Å². The van der Waals surface area contributed by atoms with Gasteiger partial charge in [0.25, 0.3) is 11.2 Å². The van der Waals surface area contributed by atoms with Crippen LogP contribution in [-0.4, -0.2) is 26.8 Å². The van der Waals surface area contributed by atoms with E-state index in [0.717, 1.165) is 11.1 Å². The molecular weight excluding hydrogens is 484 g/mol. The molecule has 4 aromatic carbocycles. The number of carbonyl (C=O) groups excluding carboxylic acids is 1. The molecule has 0 saturated heterocycles. The summed E-state index contributed by atoms with van der Waals surface area (Å²) in [6.07, 6.45) is 1.43. The zero-order valence-electron chi connectivity index (χ0n) is 20.1. The normalized spacial score (nSPS) is 11.1. The largest absolute Gasteiger partial charge is 0.422 e. The second-order valence-corrected chi connectivity index (χ2v) is 8.41. The van der Waals surface area contributed by atoms with E-state index < -0.39 is 10.9 Å². The number of hydrogen-bond donors (Lipinski definition) is 0. The van der Waals surface area contributed by atoms with Crippen molar-refractivity contribution < 1.29 is 14.5 Å². The Hall–Kier alpha value is -5.44. The number of rotatable bonds is 6. The molecule has 1 heterocycles. The minimum absolute atomic E-state index is 0.132. The van der Waals surface area contributed by atoms with Crippen molar-refractivity contribution in [2.24, 2.45) is 5.10 Å². The van der Waals surface area contributed by atoms with Gasteiger partial charge in [0.1, 0.15) is 5.75 Å². The van der Waals surface area contributed by atoms with Gasteiger partial charge in [-0.2, -0.15) is 9.78 Å². The van der Waals surface area contributed by atoms with Crippen LogP contribution in [0.1, 0.15) is 21.5 Å². The molecule has 0 aliphatic rings. The Morgan fingerprint density at radius 3 is 2.47 bits per heavy atom. The molecule has 9 nitrogen and oxygen atoms in total. The van der Waals surface area contributed by atoms with Crippen LogP contribution < -0.4 is 10.3 Å². The fraction of sp³-hybridized carbons (Fsp3) is 0.0345. The van der Waals surface area contributed by atoms with Crippen LogP contribution in [-0.2, 0) is 0 Å². The molecule has 5 aromatic rings. The first-order valence-corrected chi connectivity index (χ1v) is 11.6. The lowest BCUT2D eigenvalue weighted by Gasteiger charge is -2.11. The van der Waals surface area contributed by atoms with E-state index >= 15 is 0 Å². The van der Waals surface area contributed by atoms with Crippen molar-refractivity contribution in [1.29, 1.82) is 0 Å². The number of ether oxygens (including phenoxy) is 1. The number of aromatic nitrogens is 2. The number of hydrogen-bond acceptors (Lipinski definition) is 7. The van der Waals surface area contributed by atoms with Gasteiger partial charge in [-0.05, 0) is 49.4 Å². The summed E-state index contributed by atoms with van der Waals surface area (Å²) in [5.41, 5.74) is 2.40. The van der Waals surface area contributed by atoms with Crippen molar-refractivity contribution in [2.45, 2.75) is 6.92 Å². The van der Waals surface area contributed by atoms with Crippen molar-refractivity contribution >= 4 is 28.8 Å². The second-order valence-electron chi connectivity index (χ2n) is 8.41. The molecule has 0 bridgehead atoms. The smallest absolute Gasteiger partial charge is 0.343 e. The van der Waals surface area contributed by atoms with Crippen LogP contribution in [0.15, 0.2) is 107 Å². The highest BCUT2D eigenvalue weighted by molar-refractivity contribution is 5.93. The lowest BCUT2D eigenvalue weighted by Crippen LogP contribution is -2.20. The van der Waals surface area contributed by atoms with Gasteiger partial charge in [-0.1, -0.05) is 48.0 Å². The van der Waals surface area contributed by atoms with Crippen molar-refractivity contribution in [2.75, 3.05) is 0 Å². The Morgan fingerprint density at radius 2 is 1.71 bits per heavy atom. The summed E-state index contributed by atoms with van der Waals surface area (Å²) in [6, 6.07) is 26.5. The van der Waals surface area contributed by atoms with E-state index in [-0.39, 0.29) is 22.6 Å². The van der Waals surface area contributed by atoms with Gasteiger partial charge < -0.3 is 4.74 Å². The zero-order chi connectivity index (χ0) is 26.6. The molecule has 38 heavy (non-hydrogen) atoms. The maximum Gasteiger partial charge on any atom is 0.343 e. The van der Waals surface area contributed by atoms with Crippen LogP contribution in [0.4, 0.5) is 5.69 Å². The fourth-order valence-electron chi connectivity index (χ4n) is 3.88. The monoisotopic (exact) mass is 504 g/mol. The number of carbonyl (C=O) groups is 1. The molecule has 0 N–H and O–H groups in total. The van der Waals surface area contributed by atoms with Gasteiger partial charge in [-0.15, -0.1) is 0 Å². The fourth-order valence-corrected chi connectivity index (χ4v) is 3.88. The summed E-state index contributed by atoms with van der Waals surface area (Å²) in [4.78, 5) is 41.2. The van der Waals surface area contributed by atoms with Gasteiger partial charge in [-0.3, -0.25) is 14.9 Å². The Kier molecular flexibility index (Phi) is 6.56. The lowest BCUT2D eigenvalue weighted by atomic mass is 10.1. The lowest BCUT2D eigenvalue weighted by molar-refractivity contribution is -0.384. The number of esters is 1. The number of nitro benzene ring substituents is 1.